The molecular formula is C54H46BaCl2N6O12S2. The second-order valence-corrected chi connectivity index (χ2v) is 19.7. The summed E-state index contributed by atoms with van der Waals surface area (Å²) in [7, 11) is -9.27. The van der Waals surface area contributed by atoms with E-state index in [4.69, 9.17) is 32.7 Å². The first-order valence-corrected chi connectivity index (χ1v) is 26.8. The summed E-state index contributed by atoms with van der Waals surface area (Å²) >= 11 is 12.1. The Morgan fingerprint density at radius 2 is 1.05 bits per heavy atom. The molecule has 0 aromatic heterocycles. The number of amides is 1. The summed E-state index contributed by atoms with van der Waals surface area (Å²) in [5.41, 5.74) is 0.867. The first-order chi connectivity index (χ1) is 36.3. The molecule has 1 amide bonds. The van der Waals surface area contributed by atoms with Crippen molar-refractivity contribution in [2.45, 2.75) is 50.3 Å². The van der Waals surface area contributed by atoms with Crippen LogP contribution in [0.15, 0.2) is 169 Å². The van der Waals surface area contributed by atoms with Gasteiger partial charge in [-0.05, 0) is 110 Å². The van der Waals surface area contributed by atoms with E-state index in [2.05, 4.69) is 30.8 Å². The van der Waals surface area contributed by atoms with Crippen molar-refractivity contribution in [1.82, 2.24) is 0 Å². The van der Waals surface area contributed by atoms with Gasteiger partial charge in [-0.25, -0.2) is 0 Å². The van der Waals surface area contributed by atoms with E-state index in [0.717, 1.165) is 0 Å². The van der Waals surface area contributed by atoms with Crippen LogP contribution in [0.5, 0.6) is 23.0 Å². The van der Waals surface area contributed by atoms with Gasteiger partial charge in [0.25, 0.3) is 26.1 Å². The number of rotatable bonds is 16. The van der Waals surface area contributed by atoms with Gasteiger partial charge in [-0.15, -0.1) is 5.11 Å². The minimum absolute atomic E-state index is 0. The number of azo groups is 2. The number of carbonyl (C=O) groups excluding carboxylic acids is 1. The van der Waals surface area contributed by atoms with Crippen LogP contribution in [0.25, 0.3) is 21.5 Å². The van der Waals surface area contributed by atoms with Crippen LogP contribution in [-0.4, -0.2) is 105 Å². The van der Waals surface area contributed by atoms with E-state index in [-0.39, 0.29) is 122 Å². The molecule has 0 heterocycles. The van der Waals surface area contributed by atoms with Gasteiger partial charge in [0.15, 0.2) is 5.75 Å². The molecule has 0 aliphatic carbocycles. The van der Waals surface area contributed by atoms with Crippen LogP contribution in [0.1, 0.15) is 54.7 Å². The van der Waals surface area contributed by atoms with Gasteiger partial charge in [-0.2, -0.15) is 32.2 Å². The number of phenolic OH excluding ortho intramolecular Hbond substituents is 1. The number of aliphatic imine (C=N–C) groups is 1. The molecule has 0 saturated carbocycles. The van der Waals surface area contributed by atoms with Crippen molar-refractivity contribution < 1.29 is 55.5 Å². The Morgan fingerprint density at radius 3 is 1.58 bits per heavy atom. The smallest absolute Gasteiger partial charge is 0.871 e. The average molecular weight is 1240 g/mol. The minimum atomic E-state index is -4.64. The van der Waals surface area contributed by atoms with E-state index in [1.165, 1.54) is 30.3 Å². The fourth-order valence-corrected chi connectivity index (χ4v) is 10.7. The average Bonchev–Trinajstić information content (AvgIpc) is 3.38. The number of nitrogens with zero attached hydrogens (tertiary/aromatic N) is 5. The molecule has 0 atom stereocenters. The molecule has 0 bridgehead atoms. The van der Waals surface area contributed by atoms with Gasteiger partial charge in [-0.3, -0.25) is 18.9 Å². The third kappa shape index (κ3) is 13.8. The predicted octanol–water partition coefficient (Wildman–Crippen LogP) is 12.3. The summed E-state index contributed by atoms with van der Waals surface area (Å²) in [6.07, 6.45) is 0.337. The normalized spacial score (nSPS) is 11.9. The van der Waals surface area contributed by atoms with Crippen molar-refractivity contribution >= 4 is 160 Å². The molecule has 0 fully saturated rings. The number of benzene rings is 8. The summed E-state index contributed by atoms with van der Waals surface area (Å²) < 4.78 is 78.1. The second-order valence-electron chi connectivity index (χ2n) is 16.2. The molecule has 8 aromatic rings. The Labute approximate surface area is 493 Å². The van der Waals surface area contributed by atoms with Crippen molar-refractivity contribution in [1.29, 1.82) is 0 Å². The summed E-state index contributed by atoms with van der Waals surface area (Å²) in [6.45, 7) is 7.75. The molecule has 18 nitrogen and oxygen atoms in total. The number of fused-ring (bicyclic) bond motifs is 2. The Kier molecular flexibility index (Phi) is 20.4. The number of hydrogen-bond acceptors (Lipinski definition) is 15. The minimum Gasteiger partial charge on any atom is -0.871 e. The zero-order chi connectivity index (χ0) is 54.9. The maximum atomic E-state index is 13.5. The molecule has 77 heavy (non-hydrogen) atoms. The molecule has 4 N–H and O–H groups in total. The van der Waals surface area contributed by atoms with Crippen molar-refractivity contribution in [3.05, 3.63) is 166 Å². The van der Waals surface area contributed by atoms with E-state index in [1.807, 2.05) is 6.92 Å². The molecule has 8 rings (SSSR count). The number of para-hydroxylation sites is 4. The Balaban J connectivity index is 0.000000246. The van der Waals surface area contributed by atoms with Crippen LogP contribution in [0.3, 0.4) is 0 Å². The SMILES string of the molecule is CCOc1ccccc1N=C([O-])c1cc2ccccc2c(N=Nc2ccc(Cl)c(S(=O)(=O)O)c2CC)c1[O-].CCOc1ccccc1NC(=O)c1cc2ccccc2c(N=Nc2ccc(Cl)c(S(=O)(=O)O)c2CC)c1O.[Ba+2]. The van der Waals surface area contributed by atoms with Crippen LogP contribution in [0.2, 0.25) is 10.0 Å². The fourth-order valence-electron chi connectivity index (χ4n) is 8.01. The molecule has 8 aromatic carbocycles. The number of phenols is 1. The largest absolute Gasteiger partial charge is 2.00 e. The number of carbonyl (C=O) groups is 1. The number of aromatic hydroxyl groups is 1. The van der Waals surface area contributed by atoms with Crippen molar-refractivity contribution in [2.75, 3.05) is 18.5 Å². The Bertz CT molecular complexity index is 3860. The van der Waals surface area contributed by atoms with Crippen molar-refractivity contribution in [3.63, 3.8) is 0 Å². The third-order valence-electron chi connectivity index (χ3n) is 11.4. The molecule has 0 aliphatic heterocycles. The maximum Gasteiger partial charge on any atom is 2.00 e. The van der Waals surface area contributed by atoms with Crippen LogP contribution in [0, 0.1) is 0 Å². The quantitative estimate of drug-likeness (QED) is 0.0231. The van der Waals surface area contributed by atoms with E-state index < -0.39 is 53.3 Å². The first-order valence-electron chi connectivity index (χ1n) is 23.2. The number of hydrogen-bond donors (Lipinski definition) is 4. The molecule has 23 heteroatoms. The summed E-state index contributed by atoms with van der Waals surface area (Å²) in [5, 5.41) is 59.0. The Hall–Kier alpha value is -6.41. The molecule has 392 valence electrons. The van der Waals surface area contributed by atoms with Gasteiger partial charge in [0.05, 0.1) is 51.6 Å². The van der Waals surface area contributed by atoms with Crippen molar-refractivity contribution in [2.24, 2.45) is 25.4 Å². The van der Waals surface area contributed by atoms with E-state index in [1.54, 1.807) is 124 Å². The van der Waals surface area contributed by atoms with Crippen LogP contribution in [0.4, 0.5) is 34.1 Å². The standard InChI is InChI=1S/2C27H24ClN3O6S.Ba/c2*1-3-17-21(14-13-20(28)26(17)38(34,35)36)30-31-24-18-10-6-5-9-16(18)15-19(25(24)32)27(33)29-22-11-7-8-12-23(22)37-4-2;/h2*5-15,32H,3-4H2,1-2H3,(H,29,33)(H,34,35,36);/q;;+2/p-2. The number of nitrogens with one attached hydrogen (secondary N) is 1. The summed E-state index contributed by atoms with van der Waals surface area (Å²) in [4.78, 5) is 16.4. The second kappa shape index (κ2) is 26.3. The molecule has 0 unspecified atom stereocenters. The van der Waals surface area contributed by atoms with Crippen LogP contribution < -0.4 is 25.0 Å². The molecule has 0 spiro atoms. The summed E-state index contributed by atoms with van der Waals surface area (Å²) in [6, 6.07) is 35.9. The van der Waals surface area contributed by atoms with Gasteiger partial charge >= 0.3 is 48.9 Å². The van der Waals surface area contributed by atoms with E-state index in [0.29, 0.717) is 51.9 Å². The number of halogens is 2. The fraction of sp³-hybridized carbons (Fsp3) is 0.148. The van der Waals surface area contributed by atoms with Gasteiger partial charge in [-0.1, -0.05) is 116 Å². The van der Waals surface area contributed by atoms with Gasteiger partial charge in [0.2, 0.25) is 0 Å². The number of anilines is 1. The van der Waals surface area contributed by atoms with Crippen LogP contribution in [-0.2, 0) is 33.1 Å². The Morgan fingerprint density at radius 1 is 0.597 bits per heavy atom. The zero-order valence-electron chi connectivity index (χ0n) is 41.6. The van der Waals surface area contributed by atoms with Gasteiger partial charge in [0, 0.05) is 21.9 Å². The molecule has 0 radical (unpaired) electrons. The van der Waals surface area contributed by atoms with E-state index in [9.17, 15) is 46.1 Å². The first kappa shape index (κ1) is 59.8. The monoisotopic (exact) mass is 1240 g/mol. The van der Waals surface area contributed by atoms with Crippen LogP contribution >= 0.6 is 23.2 Å². The molecular weight excluding hydrogens is 1200 g/mol. The van der Waals surface area contributed by atoms with Gasteiger partial charge < -0.3 is 30.1 Å². The number of ether oxygens (including phenoxy) is 2. The molecule has 0 aliphatic rings. The van der Waals surface area contributed by atoms with E-state index >= 15 is 0 Å². The summed E-state index contributed by atoms with van der Waals surface area (Å²) in [5.74, 6) is -1.60. The zero-order valence-corrected chi connectivity index (χ0v) is 49.1. The van der Waals surface area contributed by atoms with Crippen molar-refractivity contribution in [3.8, 4) is 23.0 Å². The maximum absolute atomic E-state index is 13.5. The third-order valence-corrected chi connectivity index (χ3v) is 14.2. The topological polar surface area (TPSA) is 284 Å². The predicted molar refractivity (Wildman–Crippen MR) is 294 cm³/mol. The molecule has 0 saturated heterocycles. The van der Waals surface area contributed by atoms with Gasteiger partial charge in [0.1, 0.15) is 32.7 Å².